The zero-order chi connectivity index (χ0) is 25.4. The van der Waals surface area contributed by atoms with Crippen LogP contribution in [0.2, 0.25) is 10.0 Å². The summed E-state index contributed by atoms with van der Waals surface area (Å²) in [6, 6.07) is 19.1. The van der Waals surface area contributed by atoms with Crippen LogP contribution in [0.25, 0.3) is 0 Å². The van der Waals surface area contributed by atoms with Crippen molar-refractivity contribution in [1.82, 2.24) is 5.32 Å². The minimum Gasteiger partial charge on any atom is -0.354 e. The number of rotatable bonds is 11. The summed E-state index contributed by atoms with van der Waals surface area (Å²) in [5.74, 6) is 0.858. The first-order chi connectivity index (χ1) is 16.7. The number of amides is 1. The normalized spacial score (nSPS) is 11.3. The lowest BCUT2D eigenvalue weighted by molar-refractivity contribution is -0.119. The number of hydrogen-bond donors (Lipinski definition) is 1. The van der Waals surface area contributed by atoms with Crippen LogP contribution in [0.1, 0.15) is 11.1 Å². The van der Waals surface area contributed by atoms with Crippen molar-refractivity contribution in [3.63, 3.8) is 0 Å². The zero-order valence-electron chi connectivity index (χ0n) is 19.3. The average molecular weight is 570 g/mol. The Morgan fingerprint density at radius 1 is 0.971 bits per heavy atom. The fraction of sp³-hybridized carbons (Fsp3) is 0.240. The van der Waals surface area contributed by atoms with Crippen LogP contribution in [-0.2, 0) is 20.6 Å². The van der Waals surface area contributed by atoms with Crippen molar-refractivity contribution in [3.8, 4) is 0 Å². The Morgan fingerprint density at radius 3 is 2.20 bits per heavy atom. The number of sulfonamides is 1. The molecule has 3 aromatic carbocycles. The number of aryl methyl sites for hydroxylation is 1. The standard InChI is InChI=1S/C25H26Cl2N2O3S3/c1-18-6-8-19(9-7-18)29(35(31,32)21-12-10-20(33-2)11-13-21)16-25(30)28-14-15-34-17-22-23(26)4-3-5-24(22)27/h3-13H,14-17H2,1-2H3,(H,28,30). The number of carbonyl (C=O) groups is 1. The predicted molar refractivity (Wildman–Crippen MR) is 150 cm³/mol. The summed E-state index contributed by atoms with van der Waals surface area (Å²) in [5.41, 5.74) is 2.29. The van der Waals surface area contributed by atoms with Gasteiger partial charge in [-0.3, -0.25) is 9.10 Å². The van der Waals surface area contributed by atoms with Crippen LogP contribution >= 0.6 is 46.7 Å². The molecule has 0 spiro atoms. The summed E-state index contributed by atoms with van der Waals surface area (Å²) in [6.07, 6.45) is 1.92. The van der Waals surface area contributed by atoms with Gasteiger partial charge < -0.3 is 5.32 Å². The van der Waals surface area contributed by atoms with Gasteiger partial charge in [0.1, 0.15) is 6.54 Å². The van der Waals surface area contributed by atoms with Crippen LogP contribution in [0, 0.1) is 6.92 Å². The van der Waals surface area contributed by atoms with Gasteiger partial charge in [-0.2, -0.15) is 11.8 Å². The van der Waals surface area contributed by atoms with Crippen LogP contribution in [0.15, 0.2) is 76.5 Å². The van der Waals surface area contributed by atoms with E-state index in [0.29, 0.717) is 33.8 Å². The van der Waals surface area contributed by atoms with Gasteiger partial charge in [0.2, 0.25) is 5.91 Å². The molecule has 35 heavy (non-hydrogen) atoms. The summed E-state index contributed by atoms with van der Waals surface area (Å²) in [5, 5.41) is 4.04. The Kier molecular flexibility index (Phi) is 10.2. The van der Waals surface area contributed by atoms with Crippen molar-refractivity contribution in [3.05, 3.63) is 87.9 Å². The van der Waals surface area contributed by atoms with Crippen LogP contribution < -0.4 is 9.62 Å². The van der Waals surface area contributed by atoms with Crippen LogP contribution in [0.3, 0.4) is 0 Å². The third-order valence-corrected chi connectivity index (χ3v) is 9.36. The Morgan fingerprint density at radius 2 is 1.60 bits per heavy atom. The highest BCUT2D eigenvalue weighted by atomic mass is 35.5. The van der Waals surface area contributed by atoms with Crippen molar-refractivity contribution < 1.29 is 13.2 Å². The lowest BCUT2D eigenvalue weighted by Crippen LogP contribution is -2.41. The topological polar surface area (TPSA) is 66.5 Å². The summed E-state index contributed by atoms with van der Waals surface area (Å²) < 4.78 is 28.1. The van der Waals surface area contributed by atoms with Gasteiger partial charge in [0.25, 0.3) is 10.0 Å². The first-order valence-corrected chi connectivity index (χ1v) is 15.3. The van der Waals surface area contributed by atoms with Crippen LogP contribution in [0.4, 0.5) is 5.69 Å². The molecule has 10 heteroatoms. The Bertz CT molecular complexity index is 1230. The molecule has 0 fully saturated rings. The van der Waals surface area contributed by atoms with Gasteiger partial charge in [-0.25, -0.2) is 8.42 Å². The van der Waals surface area contributed by atoms with Gasteiger partial charge in [0, 0.05) is 33.0 Å². The number of nitrogens with zero attached hydrogens (tertiary/aromatic N) is 1. The van der Waals surface area contributed by atoms with Gasteiger partial charge >= 0.3 is 0 Å². The first-order valence-electron chi connectivity index (χ1n) is 10.7. The van der Waals surface area contributed by atoms with Crippen molar-refractivity contribution in [2.24, 2.45) is 0 Å². The van der Waals surface area contributed by atoms with E-state index in [4.69, 9.17) is 23.2 Å². The quantitative estimate of drug-likeness (QED) is 0.218. The van der Waals surface area contributed by atoms with Crippen molar-refractivity contribution in [2.75, 3.05) is 29.4 Å². The molecule has 0 atom stereocenters. The number of anilines is 1. The summed E-state index contributed by atoms with van der Waals surface area (Å²) in [4.78, 5) is 13.8. The average Bonchev–Trinajstić information content (AvgIpc) is 2.84. The number of benzene rings is 3. The molecule has 0 aliphatic heterocycles. The molecule has 0 saturated heterocycles. The zero-order valence-corrected chi connectivity index (χ0v) is 23.3. The molecule has 0 saturated carbocycles. The van der Waals surface area contributed by atoms with E-state index < -0.39 is 10.0 Å². The maximum absolute atomic E-state index is 13.5. The molecule has 3 aromatic rings. The number of hydrogen-bond acceptors (Lipinski definition) is 5. The molecule has 0 aliphatic carbocycles. The van der Waals surface area contributed by atoms with Gasteiger partial charge in [0.15, 0.2) is 0 Å². The van der Waals surface area contributed by atoms with E-state index in [1.165, 1.54) is 11.8 Å². The largest absolute Gasteiger partial charge is 0.354 e. The molecule has 5 nitrogen and oxygen atoms in total. The van der Waals surface area contributed by atoms with Crippen molar-refractivity contribution >= 4 is 68.3 Å². The third-order valence-electron chi connectivity index (χ3n) is 5.13. The van der Waals surface area contributed by atoms with Crippen molar-refractivity contribution in [1.29, 1.82) is 0 Å². The molecule has 0 radical (unpaired) electrons. The third kappa shape index (κ3) is 7.57. The molecule has 1 amide bonds. The summed E-state index contributed by atoms with van der Waals surface area (Å²) >= 11 is 15.5. The monoisotopic (exact) mass is 568 g/mol. The van der Waals surface area contributed by atoms with E-state index in [-0.39, 0.29) is 17.3 Å². The second-order valence-corrected chi connectivity index (χ2v) is 12.3. The fourth-order valence-electron chi connectivity index (χ4n) is 3.19. The van der Waals surface area contributed by atoms with Gasteiger partial charge in [-0.15, -0.1) is 11.8 Å². The predicted octanol–water partition coefficient (Wildman–Crippen LogP) is 6.27. The van der Waals surface area contributed by atoms with Gasteiger partial charge in [0.05, 0.1) is 10.6 Å². The maximum atomic E-state index is 13.5. The number of halogens is 2. The highest BCUT2D eigenvalue weighted by Crippen LogP contribution is 2.28. The lowest BCUT2D eigenvalue weighted by Gasteiger charge is -2.24. The highest BCUT2D eigenvalue weighted by molar-refractivity contribution is 7.98. The molecular formula is C25H26Cl2N2O3S3. The molecule has 1 N–H and O–H groups in total. The Labute approximate surface area is 225 Å². The minimum atomic E-state index is -3.94. The molecule has 186 valence electrons. The number of carbonyl (C=O) groups excluding carboxylic acids is 1. The van der Waals surface area contributed by atoms with E-state index in [0.717, 1.165) is 20.3 Å². The van der Waals surface area contributed by atoms with E-state index in [1.54, 1.807) is 66.4 Å². The van der Waals surface area contributed by atoms with E-state index in [2.05, 4.69) is 5.32 Å². The fourth-order valence-corrected chi connectivity index (χ4v) is 6.62. The van der Waals surface area contributed by atoms with E-state index in [1.807, 2.05) is 25.3 Å². The molecule has 0 aliphatic rings. The van der Waals surface area contributed by atoms with Crippen LogP contribution in [0.5, 0.6) is 0 Å². The number of thioether (sulfide) groups is 2. The van der Waals surface area contributed by atoms with Gasteiger partial charge in [-0.05, 0) is 67.3 Å². The molecule has 3 rings (SSSR count). The van der Waals surface area contributed by atoms with Crippen molar-refractivity contribution in [2.45, 2.75) is 22.5 Å². The smallest absolute Gasteiger partial charge is 0.264 e. The second-order valence-electron chi connectivity index (χ2n) is 7.63. The molecule has 0 heterocycles. The van der Waals surface area contributed by atoms with E-state index >= 15 is 0 Å². The van der Waals surface area contributed by atoms with Crippen LogP contribution in [-0.4, -0.2) is 39.4 Å². The lowest BCUT2D eigenvalue weighted by atomic mass is 10.2. The minimum absolute atomic E-state index is 0.135. The first kappa shape index (κ1) is 27.7. The SMILES string of the molecule is CSc1ccc(S(=O)(=O)N(CC(=O)NCCSCc2c(Cl)cccc2Cl)c2ccc(C)cc2)cc1. The Balaban J connectivity index is 1.66. The van der Waals surface area contributed by atoms with Gasteiger partial charge in [-0.1, -0.05) is 47.0 Å². The highest BCUT2D eigenvalue weighted by Gasteiger charge is 2.27. The summed E-state index contributed by atoms with van der Waals surface area (Å²) in [7, 11) is -3.94. The molecular weight excluding hydrogens is 543 g/mol. The maximum Gasteiger partial charge on any atom is 0.264 e. The second kappa shape index (κ2) is 12.9. The molecule has 0 aromatic heterocycles. The Hall–Kier alpha value is -1.84. The molecule has 0 unspecified atom stereocenters. The molecule has 0 bridgehead atoms. The summed E-state index contributed by atoms with van der Waals surface area (Å²) in [6.45, 7) is 1.98. The van der Waals surface area contributed by atoms with E-state index in [9.17, 15) is 13.2 Å². The number of nitrogens with one attached hydrogen (secondary N) is 1.